The Hall–Kier alpha value is -3.19. The second-order valence-corrected chi connectivity index (χ2v) is 7.13. The van der Waals surface area contributed by atoms with Crippen LogP contribution in [0, 0.1) is 6.92 Å². The van der Waals surface area contributed by atoms with E-state index in [9.17, 15) is 4.79 Å². The number of aromatic nitrogens is 3. The molecular weight excluding hydrogens is 368 g/mol. The molecule has 1 atom stereocenters. The van der Waals surface area contributed by atoms with E-state index in [-0.39, 0.29) is 12.0 Å². The number of nitrogens with zero attached hydrogens (tertiary/aromatic N) is 3. The van der Waals surface area contributed by atoms with Crippen LogP contribution >= 0.6 is 0 Å². The highest BCUT2D eigenvalue weighted by molar-refractivity contribution is 5.93. The predicted molar refractivity (Wildman–Crippen MR) is 108 cm³/mol. The molecule has 0 saturated heterocycles. The van der Waals surface area contributed by atoms with E-state index >= 15 is 0 Å². The van der Waals surface area contributed by atoms with Crippen LogP contribution in [-0.2, 0) is 24.3 Å². The fourth-order valence-corrected chi connectivity index (χ4v) is 3.37. The lowest BCUT2D eigenvalue weighted by Crippen LogP contribution is -2.29. The van der Waals surface area contributed by atoms with Crippen molar-refractivity contribution in [2.45, 2.75) is 32.6 Å². The van der Waals surface area contributed by atoms with Gasteiger partial charge in [-0.25, -0.2) is 4.68 Å². The fourth-order valence-electron chi connectivity index (χ4n) is 3.37. The molecule has 0 spiro atoms. The number of aryl methyl sites for hydroxylation is 1. The van der Waals surface area contributed by atoms with Gasteiger partial charge >= 0.3 is 0 Å². The van der Waals surface area contributed by atoms with E-state index in [4.69, 9.17) is 9.47 Å². The lowest BCUT2D eigenvalue weighted by Gasteiger charge is -2.24. The van der Waals surface area contributed by atoms with Gasteiger partial charge in [-0.15, -0.1) is 5.10 Å². The Labute approximate surface area is 169 Å². The van der Waals surface area contributed by atoms with Crippen LogP contribution in [0.5, 0.6) is 5.75 Å². The number of nitrogens with one attached hydrogen (secondary N) is 1. The summed E-state index contributed by atoms with van der Waals surface area (Å²) in [6, 6.07) is 16.1. The Bertz CT molecular complexity index is 980. The van der Waals surface area contributed by atoms with Crippen LogP contribution in [0.15, 0.2) is 48.5 Å². The standard InChI is InChI=1S/C22H24N4O3/c1-15-3-5-16(6-4-15)11-12-23-22(27)21-19-14-29-20(13-26(19)25-24-21)17-7-9-18(28-2)10-8-17/h3-10,20H,11-14H2,1-2H3,(H,23,27). The van der Waals surface area contributed by atoms with Crippen LogP contribution in [-0.4, -0.2) is 34.6 Å². The van der Waals surface area contributed by atoms with Gasteiger partial charge in [0.25, 0.3) is 5.91 Å². The smallest absolute Gasteiger partial charge is 0.273 e. The zero-order valence-corrected chi connectivity index (χ0v) is 16.6. The van der Waals surface area contributed by atoms with Gasteiger partial charge < -0.3 is 14.8 Å². The molecular formula is C22H24N4O3. The number of carbonyl (C=O) groups is 1. The lowest BCUT2D eigenvalue weighted by atomic mass is 10.1. The topological polar surface area (TPSA) is 78.3 Å². The molecule has 0 radical (unpaired) electrons. The van der Waals surface area contributed by atoms with Gasteiger partial charge in [-0.3, -0.25) is 4.79 Å². The quantitative estimate of drug-likeness (QED) is 0.698. The number of methoxy groups -OCH3 is 1. The fraction of sp³-hybridized carbons (Fsp3) is 0.318. The van der Waals surface area contributed by atoms with Gasteiger partial charge in [0.1, 0.15) is 11.9 Å². The van der Waals surface area contributed by atoms with Crippen LogP contribution in [0.1, 0.15) is 39.0 Å². The number of rotatable bonds is 6. The minimum atomic E-state index is -0.218. The van der Waals surface area contributed by atoms with Crippen LogP contribution in [0.2, 0.25) is 0 Å². The summed E-state index contributed by atoms with van der Waals surface area (Å²) in [5.41, 5.74) is 4.49. The molecule has 2 heterocycles. The van der Waals surface area contributed by atoms with E-state index in [1.807, 2.05) is 24.3 Å². The number of benzene rings is 2. The number of ether oxygens (including phenoxy) is 2. The largest absolute Gasteiger partial charge is 0.497 e. The molecule has 1 unspecified atom stereocenters. The highest BCUT2D eigenvalue weighted by Gasteiger charge is 2.27. The van der Waals surface area contributed by atoms with Gasteiger partial charge in [0.15, 0.2) is 5.69 Å². The van der Waals surface area contributed by atoms with E-state index in [1.165, 1.54) is 11.1 Å². The second-order valence-electron chi connectivity index (χ2n) is 7.13. The summed E-state index contributed by atoms with van der Waals surface area (Å²) in [6.07, 6.45) is 0.637. The summed E-state index contributed by atoms with van der Waals surface area (Å²) in [5.74, 6) is 0.584. The van der Waals surface area contributed by atoms with Crippen molar-refractivity contribution in [2.75, 3.05) is 13.7 Å². The van der Waals surface area contributed by atoms with Crippen molar-refractivity contribution in [3.63, 3.8) is 0 Å². The monoisotopic (exact) mass is 392 g/mol. The highest BCUT2D eigenvalue weighted by Crippen LogP contribution is 2.28. The first kappa shape index (κ1) is 19.1. The van der Waals surface area contributed by atoms with Crippen LogP contribution in [0.25, 0.3) is 0 Å². The Morgan fingerprint density at radius 1 is 1.21 bits per heavy atom. The van der Waals surface area contributed by atoms with Crippen molar-refractivity contribution in [1.82, 2.24) is 20.3 Å². The minimum Gasteiger partial charge on any atom is -0.497 e. The maximum absolute atomic E-state index is 12.5. The number of fused-ring (bicyclic) bond motifs is 1. The van der Waals surface area contributed by atoms with Crippen molar-refractivity contribution in [1.29, 1.82) is 0 Å². The average molecular weight is 392 g/mol. The van der Waals surface area contributed by atoms with Gasteiger partial charge in [0, 0.05) is 6.54 Å². The molecule has 0 fully saturated rings. The van der Waals surface area contributed by atoms with Crippen molar-refractivity contribution in [3.05, 3.63) is 76.6 Å². The summed E-state index contributed by atoms with van der Waals surface area (Å²) in [7, 11) is 1.64. The van der Waals surface area contributed by atoms with E-state index in [1.54, 1.807) is 11.8 Å². The molecule has 0 bridgehead atoms. The first-order valence-electron chi connectivity index (χ1n) is 9.65. The van der Waals surface area contributed by atoms with Crippen LogP contribution in [0.3, 0.4) is 0 Å². The van der Waals surface area contributed by atoms with Gasteiger partial charge in [-0.05, 0) is 36.6 Å². The molecule has 150 valence electrons. The van der Waals surface area contributed by atoms with E-state index in [0.717, 1.165) is 17.7 Å². The third-order valence-corrected chi connectivity index (χ3v) is 5.12. The Morgan fingerprint density at radius 2 is 1.97 bits per heavy atom. The molecule has 0 saturated carbocycles. The normalized spacial score (nSPS) is 15.6. The molecule has 1 amide bonds. The van der Waals surface area contributed by atoms with Gasteiger partial charge in [0.2, 0.25) is 0 Å². The second kappa shape index (κ2) is 8.45. The first-order chi connectivity index (χ1) is 14.1. The maximum atomic E-state index is 12.5. The molecule has 29 heavy (non-hydrogen) atoms. The van der Waals surface area contributed by atoms with E-state index in [2.05, 4.69) is 46.8 Å². The highest BCUT2D eigenvalue weighted by atomic mass is 16.5. The van der Waals surface area contributed by atoms with Crippen LogP contribution in [0.4, 0.5) is 0 Å². The number of hydrogen-bond donors (Lipinski definition) is 1. The molecule has 1 aliphatic rings. The number of hydrogen-bond acceptors (Lipinski definition) is 5. The molecule has 4 rings (SSSR count). The lowest BCUT2D eigenvalue weighted by molar-refractivity contribution is -0.00179. The molecule has 2 aromatic carbocycles. The third kappa shape index (κ3) is 4.30. The zero-order valence-electron chi connectivity index (χ0n) is 16.6. The number of amides is 1. The Morgan fingerprint density at radius 3 is 2.69 bits per heavy atom. The minimum absolute atomic E-state index is 0.132. The molecule has 3 aromatic rings. The Kier molecular flexibility index (Phi) is 5.57. The van der Waals surface area contributed by atoms with E-state index in [0.29, 0.717) is 31.1 Å². The van der Waals surface area contributed by atoms with Gasteiger partial charge in [-0.2, -0.15) is 0 Å². The van der Waals surface area contributed by atoms with Gasteiger partial charge in [0.05, 0.1) is 26.0 Å². The van der Waals surface area contributed by atoms with Gasteiger partial charge in [-0.1, -0.05) is 47.2 Å². The average Bonchev–Trinajstić information content (AvgIpc) is 3.18. The molecule has 7 nitrogen and oxygen atoms in total. The molecule has 1 N–H and O–H groups in total. The maximum Gasteiger partial charge on any atom is 0.273 e. The summed E-state index contributed by atoms with van der Waals surface area (Å²) in [5, 5.41) is 11.2. The number of carbonyl (C=O) groups excluding carboxylic acids is 1. The van der Waals surface area contributed by atoms with Crippen molar-refractivity contribution in [2.24, 2.45) is 0 Å². The molecule has 1 aromatic heterocycles. The molecule has 1 aliphatic heterocycles. The summed E-state index contributed by atoms with van der Waals surface area (Å²) in [4.78, 5) is 12.5. The van der Waals surface area contributed by atoms with Crippen molar-refractivity contribution >= 4 is 5.91 Å². The SMILES string of the molecule is COc1ccc(C2Cn3nnc(C(=O)NCCc4ccc(C)cc4)c3CO2)cc1. The zero-order chi connectivity index (χ0) is 20.2. The third-order valence-electron chi connectivity index (χ3n) is 5.12. The molecule has 0 aliphatic carbocycles. The van der Waals surface area contributed by atoms with E-state index < -0.39 is 0 Å². The predicted octanol–water partition coefficient (Wildman–Crippen LogP) is 2.84. The summed E-state index contributed by atoms with van der Waals surface area (Å²) in [6.45, 7) is 3.42. The molecule has 7 heteroatoms. The summed E-state index contributed by atoms with van der Waals surface area (Å²) < 4.78 is 12.9. The Balaban J connectivity index is 1.36. The van der Waals surface area contributed by atoms with Crippen LogP contribution < -0.4 is 10.1 Å². The van der Waals surface area contributed by atoms with Crippen molar-refractivity contribution in [3.8, 4) is 5.75 Å². The first-order valence-corrected chi connectivity index (χ1v) is 9.65. The van der Waals surface area contributed by atoms with Crippen molar-refractivity contribution < 1.29 is 14.3 Å². The summed E-state index contributed by atoms with van der Waals surface area (Å²) >= 11 is 0.